The zero-order valence-corrected chi connectivity index (χ0v) is 19.6. The lowest BCUT2D eigenvalue weighted by molar-refractivity contribution is 0.0481. The highest BCUT2D eigenvalue weighted by Crippen LogP contribution is 2.38. The third-order valence-corrected chi connectivity index (χ3v) is 8.31. The Kier molecular flexibility index (Phi) is 6.51. The zero-order chi connectivity index (χ0) is 20.4. The predicted molar refractivity (Wildman–Crippen MR) is 124 cm³/mol. The molecule has 0 aliphatic heterocycles. The molecule has 152 valence electrons. The van der Waals surface area contributed by atoms with Crippen molar-refractivity contribution in [3.8, 4) is 0 Å². The van der Waals surface area contributed by atoms with Crippen LogP contribution in [0.5, 0.6) is 0 Å². The molecule has 0 saturated heterocycles. The molecular weight excluding hydrogens is 356 g/mol. The lowest BCUT2D eigenvalue weighted by atomic mass is 9.87. The first-order valence-corrected chi connectivity index (χ1v) is 14.7. The molecule has 0 fully saturated rings. The smallest absolute Gasteiger partial charge is 0.0977 e. The van der Waals surface area contributed by atoms with Gasteiger partial charge >= 0.3 is 0 Å². The summed E-state index contributed by atoms with van der Waals surface area (Å²) in [5.41, 5.74) is 5.88. The number of hydrogen-bond donors (Lipinski definition) is 1. The van der Waals surface area contributed by atoms with E-state index in [1.54, 1.807) is 0 Å². The van der Waals surface area contributed by atoms with Gasteiger partial charge in [-0.2, -0.15) is 0 Å². The van der Waals surface area contributed by atoms with Crippen molar-refractivity contribution < 1.29 is 5.11 Å². The van der Waals surface area contributed by atoms with Crippen LogP contribution < -0.4 is 5.19 Å². The van der Waals surface area contributed by atoms with Crippen molar-refractivity contribution in [1.82, 2.24) is 0 Å². The molecule has 2 heteroatoms. The number of fused-ring (bicyclic) bond motifs is 1. The van der Waals surface area contributed by atoms with Crippen molar-refractivity contribution in [2.24, 2.45) is 0 Å². The van der Waals surface area contributed by atoms with Crippen LogP contribution in [-0.2, 0) is 31.3 Å². The average Bonchev–Trinajstić information content (AvgIpc) is 3.00. The molecular formula is C26H38OSi. The van der Waals surface area contributed by atoms with Gasteiger partial charge in [-0.25, -0.2) is 0 Å². The van der Waals surface area contributed by atoms with Crippen molar-refractivity contribution in [3.63, 3.8) is 0 Å². The second kappa shape index (κ2) is 8.55. The van der Waals surface area contributed by atoms with Crippen molar-refractivity contribution >= 4 is 13.3 Å². The summed E-state index contributed by atoms with van der Waals surface area (Å²) in [5.74, 6) is 0. The standard InChI is InChI=1S/C26H38OSi/c1-6-8-10-20-14-21(11-9-7-2)16-24(15-20)26(27)18-22-12-13-25(28(3,4)5)17-23(22)19-26/h12-17,27H,6-11,18-19H2,1-5H3. The summed E-state index contributed by atoms with van der Waals surface area (Å²) in [6.45, 7) is 11.7. The van der Waals surface area contributed by atoms with Crippen LogP contribution in [0.2, 0.25) is 19.6 Å². The van der Waals surface area contributed by atoms with Crippen molar-refractivity contribution in [1.29, 1.82) is 0 Å². The first-order chi connectivity index (χ1) is 13.2. The minimum atomic E-state index is -1.33. The molecule has 0 saturated carbocycles. The third-order valence-electron chi connectivity index (χ3n) is 6.27. The molecule has 2 aromatic rings. The number of benzene rings is 2. The maximum Gasteiger partial charge on any atom is 0.0977 e. The lowest BCUT2D eigenvalue weighted by Gasteiger charge is -2.25. The van der Waals surface area contributed by atoms with E-state index >= 15 is 0 Å². The van der Waals surface area contributed by atoms with Crippen LogP contribution >= 0.6 is 0 Å². The van der Waals surface area contributed by atoms with Crippen LogP contribution in [0.4, 0.5) is 0 Å². The van der Waals surface area contributed by atoms with Gasteiger partial charge in [0, 0.05) is 12.8 Å². The van der Waals surface area contributed by atoms with Crippen LogP contribution in [0.1, 0.15) is 67.3 Å². The van der Waals surface area contributed by atoms with E-state index in [0.29, 0.717) is 0 Å². The fourth-order valence-electron chi connectivity index (χ4n) is 4.41. The maximum absolute atomic E-state index is 11.7. The molecule has 1 atom stereocenters. The van der Waals surface area contributed by atoms with E-state index in [2.05, 4.69) is 69.9 Å². The van der Waals surface area contributed by atoms with Gasteiger partial charge < -0.3 is 5.11 Å². The monoisotopic (exact) mass is 394 g/mol. The second-order valence-corrected chi connectivity index (χ2v) is 14.9. The highest BCUT2D eigenvalue weighted by atomic mass is 28.3. The molecule has 0 heterocycles. The molecule has 2 aromatic carbocycles. The Bertz CT molecular complexity index is 791. The molecule has 28 heavy (non-hydrogen) atoms. The Labute approximate surface area is 173 Å². The van der Waals surface area contributed by atoms with E-state index in [4.69, 9.17) is 0 Å². The Hall–Kier alpha value is -1.38. The van der Waals surface area contributed by atoms with E-state index in [1.165, 1.54) is 53.1 Å². The average molecular weight is 395 g/mol. The van der Waals surface area contributed by atoms with E-state index < -0.39 is 13.7 Å². The molecule has 1 aliphatic rings. The predicted octanol–water partition coefficient (Wildman–Crippen LogP) is 5.90. The molecule has 0 radical (unpaired) electrons. The number of rotatable bonds is 8. The van der Waals surface area contributed by atoms with Gasteiger partial charge in [0.2, 0.25) is 0 Å². The fourth-order valence-corrected chi connectivity index (χ4v) is 5.60. The summed E-state index contributed by atoms with van der Waals surface area (Å²) in [6, 6.07) is 13.9. The minimum Gasteiger partial charge on any atom is -0.384 e. The molecule has 0 spiro atoms. The Morgan fingerprint density at radius 1 is 0.821 bits per heavy atom. The normalized spacial score (nSPS) is 19.1. The van der Waals surface area contributed by atoms with Gasteiger partial charge in [-0.1, -0.05) is 87.9 Å². The van der Waals surface area contributed by atoms with E-state index in [-0.39, 0.29) is 0 Å². The first-order valence-electron chi connectivity index (χ1n) is 11.2. The number of unbranched alkanes of at least 4 members (excludes halogenated alkanes) is 2. The maximum atomic E-state index is 11.7. The summed E-state index contributed by atoms with van der Waals surface area (Å²) in [4.78, 5) is 0. The Morgan fingerprint density at radius 2 is 1.39 bits per heavy atom. The molecule has 0 bridgehead atoms. The van der Waals surface area contributed by atoms with E-state index in [0.717, 1.165) is 31.2 Å². The topological polar surface area (TPSA) is 20.2 Å². The number of hydrogen-bond acceptors (Lipinski definition) is 1. The first kappa shape index (κ1) is 21.3. The third kappa shape index (κ3) is 4.78. The van der Waals surface area contributed by atoms with Crippen LogP contribution in [0.25, 0.3) is 0 Å². The SMILES string of the molecule is CCCCc1cc(CCCC)cc(C2(O)Cc3ccc([Si](C)(C)C)cc3C2)c1. The summed E-state index contributed by atoms with van der Waals surface area (Å²) in [5, 5.41) is 13.2. The summed E-state index contributed by atoms with van der Waals surface area (Å²) >= 11 is 0. The molecule has 0 amide bonds. The lowest BCUT2D eigenvalue weighted by Crippen LogP contribution is -2.37. The van der Waals surface area contributed by atoms with E-state index in [1.807, 2.05) is 0 Å². The van der Waals surface area contributed by atoms with Crippen molar-refractivity contribution in [3.05, 3.63) is 64.2 Å². The molecule has 0 aromatic heterocycles. The number of aliphatic hydroxyl groups is 1. The van der Waals surface area contributed by atoms with Gasteiger partial charge in [0.25, 0.3) is 0 Å². The minimum absolute atomic E-state index is 0.746. The Balaban J connectivity index is 1.92. The van der Waals surface area contributed by atoms with Gasteiger partial charge in [0.1, 0.15) is 0 Å². The fraction of sp³-hybridized carbons (Fsp3) is 0.538. The highest BCUT2D eigenvalue weighted by molar-refractivity contribution is 6.88. The van der Waals surface area contributed by atoms with Crippen LogP contribution in [0.15, 0.2) is 36.4 Å². The second-order valence-electron chi connectivity index (χ2n) is 9.86. The van der Waals surface area contributed by atoms with Crippen LogP contribution in [0, 0.1) is 0 Å². The van der Waals surface area contributed by atoms with Gasteiger partial charge in [-0.15, -0.1) is 0 Å². The summed E-state index contributed by atoms with van der Waals surface area (Å²) in [7, 11) is -1.33. The molecule has 1 N–H and O–H groups in total. The Morgan fingerprint density at radius 3 is 1.93 bits per heavy atom. The van der Waals surface area contributed by atoms with Crippen molar-refractivity contribution in [2.75, 3.05) is 0 Å². The molecule has 1 nitrogen and oxygen atoms in total. The quantitative estimate of drug-likeness (QED) is 0.552. The molecule has 1 unspecified atom stereocenters. The van der Waals surface area contributed by atoms with Gasteiger partial charge in [0.15, 0.2) is 0 Å². The van der Waals surface area contributed by atoms with Crippen LogP contribution in [0.3, 0.4) is 0 Å². The molecule has 3 rings (SSSR count). The largest absolute Gasteiger partial charge is 0.384 e. The number of aryl methyl sites for hydroxylation is 2. The summed E-state index contributed by atoms with van der Waals surface area (Å²) < 4.78 is 0. The zero-order valence-electron chi connectivity index (χ0n) is 18.6. The van der Waals surface area contributed by atoms with E-state index in [9.17, 15) is 5.11 Å². The van der Waals surface area contributed by atoms with Crippen molar-refractivity contribution in [2.45, 2.75) is 90.5 Å². The summed E-state index contributed by atoms with van der Waals surface area (Å²) in [6.07, 6.45) is 8.60. The van der Waals surface area contributed by atoms with Gasteiger partial charge in [-0.3, -0.25) is 0 Å². The molecule has 1 aliphatic carbocycles. The van der Waals surface area contributed by atoms with Gasteiger partial charge in [-0.05, 0) is 53.5 Å². The van der Waals surface area contributed by atoms with Crippen LogP contribution in [-0.4, -0.2) is 13.2 Å². The van der Waals surface area contributed by atoms with Gasteiger partial charge in [0.05, 0.1) is 13.7 Å². The highest BCUT2D eigenvalue weighted by Gasteiger charge is 2.37.